The summed E-state index contributed by atoms with van der Waals surface area (Å²) in [7, 11) is 0. The first kappa shape index (κ1) is 12.8. The number of aromatic amines is 1. The Bertz CT molecular complexity index is 445. The van der Waals surface area contributed by atoms with Gasteiger partial charge in [0.1, 0.15) is 5.69 Å². The van der Waals surface area contributed by atoms with Crippen LogP contribution in [-0.2, 0) is 0 Å². The molecule has 0 radical (unpaired) electrons. The number of hydrogen-bond donors (Lipinski definition) is 2. The standard InChI is InChI=1S/C12H18N4O2/c1-2-16(8-9-4-3-5-13-9)12(18)10-6-15-11(17)7-14-10/h6-7,9,13H,2-5,8H2,1H3,(H,15,17). The van der Waals surface area contributed by atoms with Gasteiger partial charge < -0.3 is 15.2 Å². The van der Waals surface area contributed by atoms with E-state index >= 15 is 0 Å². The Morgan fingerprint density at radius 3 is 3.00 bits per heavy atom. The first-order chi connectivity index (χ1) is 8.70. The predicted octanol–water partition coefficient (Wildman–Crippen LogP) is -0.0160. The van der Waals surface area contributed by atoms with Crippen molar-refractivity contribution in [3.8, 4) is 0 Å². The van der Waals surface area contributed by atoms with Crippen LogP contribution in [-0.4, -0.2) is 46.5 Å². The molecule has 0 saturated carbocycles. The fraction of sp³-hybridized carbons (Fsp3) is 0.583. The zero-order valence-corrected chi connectivity index (χ0v) is 10.5. The van der Waals surface area contributed by atoms with Gasteiger partial charge in [0.2, 0.25) is 0 Å². The number of nitrogens with zero attached hydrogens (tertiary/aromatic N) is 2. The minimum atomic E-state index is -0.299. The number of hydrogen-bond acceptors (Lipinski definition) is 4. The number of carbonyl (C=O) groups is 1. The van der Waals surface area contributed by atoms with Gasteiger partial charge in [0.05, 0.1) is 6.20 Å². The highest BCUT2D eigenvalue weighted by molar-refractivity contribution is 5.91. The smallest absolute Gasteiger partial charge is 0.274 e. The molecule has 6 nitrogen and oxygen atoms in total. The maximum absolute atomic E-state index is 12.2. The maximum Gasteiger partial charge on any atom is 0.274 e. The molecular weight excluding hydrogens is 232 g/mol. The molecule has 2 rings (SSSR count). The number of aromatic nitrogens is 2. The Labute approximate surface area is 105 Å². The summed E-state index contributed by atoms with van der Waals surface area (Å²) in [5.41, 5.74) is -0.0125. The van der Waals surface area contributed by atoms with Gasteiger partial charge in [-0.05, 0) is 26.3 Å². The number of rotatable bonds is 4. The van der Waals surface area contributed by atoms with Crippen molar-refractivity contribution in [2.24, 2.45) is 0 Å². The van der Waals surface area contributed by atoms with Gasteiger partial charge in [0.15, 0.2) is 0 Å². The van der Waals surface area contributed by atoms with Gasteiger partial charge in [-0.3, -0.25) is 9.59 Å². The highest BCUT2D eigenvalue weighted by Gasteiger charge is 2.21. The van der Waals surface area contributed by atoms with Gasteiger partial charge in [0.25, 0.3) is 11.5 Å². The SMILES string of the molecule is CCN(CC1CCCN1)C(=O)c1c[nH]c(=O)cn1. The molecule has 0 aromatic carbocycles. The van der Waals surface area contributed by atoms with E-state index in [0.717, 1.165) is 25.6 Å². The number of carbonyl (C=O) groups excluding carboxylic acids is 1. The van der Waals surface area contributed by atoms with E-state index in [1.807, 2.05) is 6.92 Å². The van der Waals surface area contributed by atoms with Crippen molar-refractivity contribution in [1.82, 2.24) is 20.2 Å². The summed E-state index contributed by atoms with van der Waals surface area (Å²) in [6.07, 6.45) is 4.76. The normalized spacial score (nSPS) is 18.8. The third-order valence-electron chi connectivity index (χ3n) is 3.16. The predicted molar refractivity (Wildman–Crippen MR) is 67.5 cm³/mol. The summed E-state index contributed by atoms with van der Waals surface area (Å²) >= 11 is 0. The van der Waals surface area contributed by atoms with Gasteiger partial charge in [-0.1, -0.05) is 0 Å². The number of likely N-dealkylation sites (N-methyl/N-ethyl adjacent to an activating group) is 1. The summed E-state index contributed by atoms with van der Waals surface area (Å²) in [6.45, 7) is 4.29. The first-order valence-electron chi connectivity index (χ1n) is 6.28. The van der Waals surface area contributed by atoms with E-state index in [4.69, 9.17) is 0 Å². The number of H-pyrrole nitrogens is 1. The second-order valence-corrected chi connectivity index (χ2v) is 4.43. The van der Waals surface area contributed by atoms with Crippen LogP contribution in [0.4, 0.5) is 0 Å². The van der Waals surface area contributed by atoms with Crippen LogP contribution in [0.2, 0.25) is 0 Å². The Morgan fingerprint density at radius 1 is 1.61 bits per heavy atom. The highest BCUT2D eigenvalue weighted by Crippen LogP contribution is 2.08. The molecule has 1 amide bonds. The van der Waals surface area contributed by atoms with Gasteiger partial charge >= 0.3 is 0 Å². The molecule has 1 aromatic rings. The summed E-state index contributed by atoms with van der Waals surface area (Å²) in [5, 5.41) is 3.36. The third kappa shape index (κ3) is 2.95. The molecule has 1 aliphatic heterocycles. The molecule has 1 fully saturated rings. The minimum absolute atomic E-state index is 0.137. The van der Waals surface area contributed by atoms with Crippen molar-refractivity contribution in [2.75, 3.05) is 19.6 Å². The second kappa shape index (κ2) is 5.77. The van der Waals surface area contributed by atoms with E-state index in [0.29, 0.717) is 19.1 Å². The van der Waals surface area contributed by atoms with Crippen molar-refractivity contribution < 1.29 is 4.79 Å². The summed E-state index contributed by atoms with van der Waals surface area (Å²) in [4.78, 5) is 31.2. The molecule has 0 bridgehead atoms. The largest absolute Gasteiger partial charge is 0.336 e. The van der Waals surface area contributed by atoms with Gasteiger partial charge in [0, 0.05) is 25.3 Å². The fourth-order valence-corrected chi connectivity index (χ4v) is 2.16. The quantitative estimate of drug-likeness (QED) is 0.787. The second-order valence-electron chi connectivity index (χ2n) is 4.43. The lowest BCUT2D eigenvalue weighted by atomic mass is 10.2. The van der Waals surface area contributed by atoms with E-state index in [2.05, 4.69) is 15.3 Å². The molecule has 98 valence electrons. The Morgan fingerprint density at radius 2 is 2.44 bits per heavy atom. The van der Waals surface area contributed by atoms with Crippen LogP contribution < -0.4 is 10.9 Å². The summed E-state index contributed by atoms with van der Waals surface area (Å²) in [6, 6.07) is 0.372. The van der Waals surface area contributed by atoms with E-state index in [1.54, 1.807) is 4.90 Å². The third-order valence-corrected chi connectivity index (χ3v) is 3.16. The van der Waals surface area contributed by atoms with Crippen LogP contribution >= 0.6 is 0 Å². The van der Waals surface area contributed by atoms with Gasteiger partial charge in [-0.25, -0.2) is 4.98 Å². The zero-order valence-electron chi connectivity index (χ0n) is 10.5. The lowest BCUT2D eigenvalue weighted by Gasteiger charge is -2.24. The number of nitrogens with one attached hydrogen (secondary N) is 2. The van der Waals surface area contributed by atoms with E-state index in [-0.39, 0.29) is 17.2 Å². The van der Waals surface area contributed by atoms with Crippen LogP contribution in [0, 0.1) is 0 Å². The van der Waals surface area contributed by atoms with Gasteiger partial charge in [-0.15, -0.1) is 0 Å². The lowest BCUT2D eigenvalue weighted by molar-refractivity contribution is 0.0745. The van der Waals surface area contributed by atoms with Crippen LogP contribution in [0.15, 0.2) is 17.2 Å². The Balaban J connectivity index is 2.04. The topological polar surface area (TPSA) is 78.1 Å². The van der Waals surface area contributed by atoms with E-state index in [9.17, 15) is 9.59 Å². The van der Waals surface area contributed by atoms with Crippen molar-refractivity contribution in [3.63, 3.8) is 0 Å². The van der Waals surface area contributed by atoms with Crippen LogP contribution in [0.1, 0.15) is 30.3 Å². The van der Waals surface area contributed by atoms with Crippen LogP contribution in [0.3, 0.4) is 0 Å². The minimum Gasteiger partial charge on any atom is -0.336 e. The molecule has 0 spiro atoms. The Hall–Kier alpha value is -1.69. The molecule has 2 N–H and O–H groups in total. The average molecular weight is 250 g/mol. The van der Waals surface area contributed by atoms with Crippen molar-refractivity contribution in [2.45, 2.75) is 25.8 Å². The average Bonchev–Trinajstić information content (AvgIpc) is 2.89. The van der Waals surface area contributed by atoms with E-state index < -0.39 is 0 Å². The molecule has 0 aliphatic carbocycles. The van der Waals surface area contributed by atoms with Crippen molar-refractivity contribution >= 4 is 5.91 Å². The summed E-state index contributed by atoms with van der Waals surface area (Å²) in [5.74, 6) is -0.137. The molecule has 18 heavy (non-hydrogen) atoms. The van der Waals surface area contributed by atoms with Crippen LogP contribution in [0.25, 0.3) is 0 Å². The Kier molecular flexibility index (Phi) is 4.09. The molecule has 1 aliphatic rings. The van der Waals surface area contributed by atoms with Crippen molar-refractivity contribution in [3.05, 3.63) is 28.4 Å². The molecule has 1 saturated heterocycles. The number of amides is 1. The monoisotopic (exact) mass is 250 g/mol. The molecule has 1 unspecified atom stereocenters. The van der Waals surface area contributed by atoms with Gasteiger partial charge in [-0.2, -0.15) is 0 Å². The van der Waals surface area contributed by atoms with Crippen LogP contribution in [0.5, 0.6) is 0 Å². The highest BCUT2D eigenvalue weighted by atomic mass is 16.2. The fourth-order valence-electron chi connectivity index (χ4n) is 2.16. The zero-order chi connectivity index (χ0) is 13.0. The molecule has 1 atom stereocenters. The lowest BCUT2D eigenvalue weighted by Crippen LogP contribution is -2.41. The molecular formula is C12H18N4O2. The first-order valence-corrected chi connectivity index (χ1v) is 6.28. The molecule has 1 aromatic heterocycles. The maximum atomic E-state index is 12.2. The van der Waals surface area contributed by atoms with E-state index in [1.165, 1.54) is 6.20 Å². The molecule has 6 heteroatoms. The van der Waals surface area contributed by atoms with Crippen molar-refractivity contribution in [1.29, 1.82) is 0 Å². The molecule has 2 heterocycles. The summed E-state index contributed by atoms with van der Waals surface area (Å²) < 4.78 is 0.